The fourth-order valence-corrected chi connectivity index (χ4v) is 2.59. The zero-order valence-corrected chi connectivity index (χ0v) is 13.3. The van der Waals surface area contributed by atoms with E-state index in [0.717, 1.165) is 26.8 Å². The Morgan fingerprint density at radius 2 is 1.91 bits per heavy atom. The first-order valence-electron chi connectivity index (χ1n) is 6.85. The summed E-state index contributed by atoms with van der Waals surface area (Å²) in [5, 5.41) is 7.03. The lowest BCUT2D eigenvalue weighted by Gasteiger charge is -2.10. The van der Waals surface area contributed by atoms with Crippen LogP contribution in [0, 0.1) is 0 Å². The molecule has 0 aliphatic carbocycles. The summed E-state index contributed by atoms with van der Waals surface area (Å²) >= 11 is 3.38. The van der Waals surface area contributed by atoms with E-state index in [1.165, 1.54) is 0 Å². The Hall–Kier alpha value is -2.40. The van der Waals surface area contributed by atoms with Crippen molar-refractivity contribution in [3.63, 3.8) is 0 Å². The van der Waals surface area contributed by atoms with Crippen LogP contribution in [-0.2, 0) is 4.79 Å². The Labute approximate surface area is 136 Å². The third-order valence-corrected chi connectivity index (χ3v) is 3.67. The quantitative estimate of drug-likeness (QED) is 0.742. The van der Waals surface area contributed by atoms with E-state index in [1.54, 1.807) is 6.20 Å². The number of fused-ring (bicyclic) bond motifs is 1. The molecule has 4 nitrogen and oxygen atoms in total. The van der Waals surface area contributed by atoms with Crippen molar-refractivity contribution in [1.29, 1.82) is 0 Å². The van der Waals surface area contributed by atoms with E-state index < -0.39 is 0 Å². The minimum absolute atomic E-state index is 0.106. The van der Waals surface area contributed by atoms with Crippen LogP contribution in [-0.4, -0.2) is 17.4 Å². The molecule has 0 aliphatic heterocycles. The maximum absolute atomic E-state index is 12.0. The van der Waals surface area contributed by atoms with Gasteiger partial charge >= 0.3 is 0 Å². The van der Waals surface area contributed by atoms with Crippen LogP contribution in [0.2, 0.25) is 0 Å². The Bertz CT molecular complexity index is 814. The summed E-state index contributed by atoms with van der Waals surface area (Å²) < 4.78 is 0.927. The highest BCUT2D eigenvalue weighted by molar-refractivity contribution is 9.10. The summed E-state index contributed by atoms with van der Waals surface area (Å²) in [6, 6.07) is 17.2. The number of hydrogen-bond donors (Lipinski definition) is 2. The van der Waals surface area contributed by atoms with Gasteiger partial charge in [0.25, 0.3) is 0 Å². The summed E-state index contributed by atoms with van der Waals surface area (Å²) in [6.45, 7) is 0.183. The molecule has 3 aromatic rings. The molecule has 2 N–H and O–H groups in total. The number of halogens is 1. The molecule has 0 atom stereocenters. The molecule has 22 heavy (non-hydrogen) atoms. The first-order valence-corrected chi connectivity index (χ1v) is 7.65. The number of para-hydroxylation sites is 1. The number of carbonyl (C=O) groups is 1. The number of benzene rings is 2. The van der Waals surface area contributed by atoms with Gasteiger partial charge in [-0.05, 0) is 30.3 Å². The van der Waals surface area contributed by atoms with Crippen LogP contribution in [0.3, 0.4) is 0 Å². The average molecular weight is 356 g/mol. The molecular formula is C17H14BrN3O. The second-order valence-electron chi connectivity index (χ2n) is 4.79. The molecule has 3 rings (SSSR count). The van der Waals surface area contributed by atoms with Gasteiger partial charge in [-0.2, -0.15) is 0 Å². The summed E-state index contributed by atoms with van der Waals surface area (Å²) in [7, 11) is 0. The Morgan fingerprint density at radius 1 is 1.09 bits per heavy atom. The topological polar surface area (TPSA) is 54.0 Å². The monoisotopic (exact) mass is 355 g/mol. The van der Waals surface area contributed by atoms with Gasteiger partial charge in [0.2, 0.25) is 5.91 Å². The summed E-state index contributed by atoms with van der Waals surface area (Å²) in [5.41, 5.74) is 2.47. The van der Waals surface area contributed by atoms with Crippen LogP contribution in [0.15, 0.2) is 65.3 Å². The Kier molecular flexibility index (Phi) is 4.34. The molecule has 1 aromatic heterocycles. The maximum Gasteiger partial charge on any atom is 0.243 e. The second-order valence-corrected chi connectivity index (χ2v) is 5.71. The van der Waals surface area contributed by atoms with E-state index >= 15 is 0 Å². The molecule has 2 aromatic carbocycles. The van der Waals surface area contributed by atoms with Gasteiger partial charge in [0.05, 0.1) is 17.7 Å². The van der Waals surface area contributed by atoms with Crippen molar-refractivity contribution in [2.24, 2.45) is 0 Å². The van der Waals surface area contributed by atoms with Gasteiger partial charge < -0.3 is 10.6 Å². The number of carbonyl (C=O) groups excluding carboxylic acids is 1. The number of amides is 1. The van der Waals surface area contributed by atoms with Crippen molar-refractivity contribution in [2.45, 2.75) is 0 Å². The minimum atomic E-state index is -0.106. The molecule has 1 heterocycles. The molecule has 0 saturated heterocycles. The second kappa shape index (κ2) is 6.58. The summed E-state index contributed by atoms with van der Waals surface area (Å²) in [5.74, 6) is -0.106. The Balaban J connectivity index is 1.68. The van der Waals surface area contributed by atoms with Crippen LogP contribution in [0.4, 0.5) is 11.4 Å². The largest absolute Gasteiger partial charge is 0.374 e. The van der Waals surface area contributed by atoms with Crippen molar-refractivity contribution >= 4 is 44.1 Å². The lowest BCUT2D eigenvalue weighted by Crippen LogP contribution is -2.21. The lowest BCUT2D eigenvalue weighted by molar-refractivity contribution is -0.114. The SMILES string of the molecule is O=C(CNc1cccc2cccnc12)Nc1cccc(Br)c1. The fraction of sp³-hybridized carbons (Fsp3) is 0.0588. The van der Waals surface area contributed by atoms with Crippen LogP contribution < -0.4 is 10.6 Å². The molecule has 0 spiro atoms. The number of pyridine rings is 1. The fourth-order valence-electron chi connectivity index (χ4n) is 2.19. The van der Waals surface area contributed by atoms with E-state index in [9.17, 15) is 4.79 Å². The van der Waals surface area contributed by atoms with Crippen molar-refractivity contribution in [3.8, 4) is 0 Å². The van der Waals surface area contributed by atoms with Crippen molar-refractivity contribution in [1.82, 2.24) is 4.98 Å². The molecule has 0 radical (unpaired) electrons. The predicted octanol–water partition coefficient (Wildman–Crippen LogP) is 4.05. The zero-order chi connectivity index (χ0) is 15.4. The molecule has 0 fully saturated rings. The normalized spacial score (nSPS) is 10.4. The number of nitrogens with zero attached hydrogens (tertiary/aromatic N) is 1. The molecule has 1 amide bonds. The van der Waals surface area contributed by atoms with Gasteiger partial charge in [-0.15, -0.1) is 0 Å². The molecule has 0 unspecified atom stereocenters. The molecule has 0 saturated carbocycles. The first kappa shape index (κ1) is 14.5. The van der Waals surface area contributed by atoms with Gasteiger partial charge in [-0.3, -0.25) is 9.78 Å². The third kappa shape index (κ3) is 3.43. The molecule has 110 valence electrons. The maximum atomic E-state index is 12.0. The smallest absolute Gasteiger partial charge is 0.243 e. The lowest BCUT2D eigenvalue weighted by atomic mass is 10.2. The molecular weight excluding hydrogens is 342 g/mol. The number of anilines is 2. The van der Waals surface area contributed by atoms with Gasteiger partial charge in [0.1, 0.15) is 0 Å². The molecule has 0 bridgehead atoms. The highest BCUT2D eigenvalue weighted by Gasteiger charge is 2.05. The van der Waals surface area contributed by atoms with Crippen LogP contribution in [0.1, 0.15) is 0 Å². The Morgan fingerprint density at radius 3 is 2.77 bits per heavy atom. The highest BCUT2D eigenvalue weighted by Crippen LogP contribution is 2.20. The standard InChI is InChI=1S/C17H14BrN3O/c18-13-6-2-7-14(10-13)21-16(22)11-20-15-8-1-4-12-5-3-9-19-17(12)15/h1-10,20H,11H2,(H,21,22). The van der Waals surface area contributed by atoms with E-state index in [0.29, 0.717) is 0 Å². The van der Waals surface area contributed by atoms with Gasteiger partial charge in [0, 0.05) is 21.7 Å². The minimum Gasteiger partial charge on any atom is -0.374 e. The van der Waals surface area contributed by atoms with Gasteiger partial charge in [-0.1, -0.05) is 40.2 Å². The van der Waals surface area contributed by atoms with Crippen molar-refractivity contribution < 1.29 is 4.79 Å². The van der Waals surface area contributed by atoms with Crippen LogP contribution in [0.5, 0.6) is 0 Å². The first-order chi connectivity index (χ1) is 10.7. The van der Waals surface area contributed by atoms with E-state index in [-0.39, 0.29) is 12.5 Å². The molecule has 5 heteroatoms. The van der Waals surface area contributed by atoms with Crippen LogP contribution >= 0.6 is 15.9 Å². The third-order valence-electron chi connectivity index (χ3n) is 3.18. The predicted molar refractivity (Wildman–Crippen MR) is 93.0 cm³/mol. The summed E-state index contributed by atoms with van der Waals surface area (Å²) in [6.07, 6.45) is 1.75. The van der Waals surface area contributed by atoms with Gasteiger partial charge in [-0.25, -0.2) is 0 Å². The average Bonchev–Trinajstić information content (AvgIpc) is 2.53. The van der Waals surface area contributed by atoms with Crippen molar-refractivity contribution in [3.05, 3.63) is 65.3 Å². The van der Waals surface area contributed by atoms with Gasteiger partial charge in [0.15, 0.2) is 0 Å². The van der Waals surface area contributed by atoms with E-state index in [2.05, 4.69) is 31.5 Å². The molecule has 0 aliphatic rings. The summed E-state index contributed by atoms with van der Waals surface area (Å²) in [4.78, 5) is 16.4. The van der Waals surface area contributed by atoms with Crippen LogP contribution in [0.25, 0.3) is 10.9 Å². The van der Waals surface area contributed by atoms with E-state index in [1.807, 2.05) is 54.6 Å². The number of aromatic nitrogens is 1. The zero-order valence-electron chi connectivity index (χ0n) is 11.7. The van der Waals surface area contributed by atoms with Crippen molar-refractivity contribution in [2.75, 3.05) is 17.2 Å². The number of rotatable bonds is 4. The highest BCUT2D eigenvalue weighted by atomic mass is 79.9. The van der Waals surface area contributed by atoms with E-state index in [4.69, 9.17) is 0 Å². The number of hydrogen-bond acceptors (Lipinski definition) is 3. The number of nitrogens with one attached hydrogen (secondary N) is 2.